The maximum absolute atomic E-state index is 12.5. The normalized spacial score (nSPS) is 15.3. The molecule has 2 aromatic rings. The standard InChI is InChI=1S/C19H20F3NO2/c20-19(21,22)15-3-5-17(6-4-15)25-18-9-7-16(8-10-18)24-14-13-23-11-1-2-12-23/h3-10H,1-2,11-14H2. The molecular weight excluding hydrogens is 331 g/mol. The van der Waals surface area contributed by atoms with Gasteiger partial charge in [0.2, 0.25) is 0 Å². The molecular formula is C19H20F3NO2. The van der Waals surface area contributed by atoms with E-state index in [-0.39, 0.29) is 0 Å². The molecule has 1 fully saturated rings. The van der Waals surface area contributed by atoms with E-state index in [1.807, 2.05) is 0 Å². The molecule has 0 aliphatic carbocycles. The van der Waals surface area contributed by atoms with Crippen LogP contribution in [0.1, 0.15) is 18.4 Å². The van der Waals surface area contributed by atoms with Crippen LogP contribution in [0.2, 0.25) is 0 Å². The van der Waals surface area contributed by atoms with Crippen molar-refractivity contribution in [2.24, 2.45) is 0 Å². The number of halogens is 3. The summed E-state index contributed by atoms with van der Waals surface area (Å²) in [5.74, 6) is 1.65. The number of nitrogens with zero attached hydrogens (tertiary/aromatic N) is 1. The van der Waals surface area contributed by atoms with Crippen LogP contribution in [0.5, 0.6) is 17.2 Å². The van der Waals surface area contributed by atoms with Gasteiger partial charge in [-0.15, -0.1) is 0 Å². The zero-order valence-electron chi connectivity index (χ0n) is 13.8. The summed E-state index contributed by atoms with van der Waals surface area (Å²) in [4.78, 5) is 2.38. The van der Waals surface area contributed by atoms with Crippen LogP contribution in [-0.4, -0.2) is 31.1 Å². The first-order chi connectivity index (χ1) is 12.0. The summed E-state index contributed by atoms with van der Waals surface area (Å²) < 4.78 is 48.9. The average Bonchev–Trinajstić information content (AvgIpc) is 3.10. The minimum Gasteiger partial charge on any atom is -0.492 e. The summed E-state index contributed by atoms with van der Waals surface area (Å²) >= 11 is 0. The number of hydrogen-bond acceptors (Lipinski definition) is 3. The second-order valence-corrected chi connectivity index (χ2v) is 5.99. The molecule has 0 amide bonds. The summed E-state index contributed by atoms with van der Waals surface area (Å²) in [6.07, 6.45) is -1.82. The molecule has 3 rings (SSSR count). The Kier molecular flexibility index (Phi) is 5.48. The summed E-state index contributed by atoms with van der Waals surface area (Å²) in [5.41, 5.74) is -0.693. The molecule has 134 valence electrons. The first-order valence-electron chi connectivity index (χ1n) is 8.31. The number of rotatable bonds is 6. The molecule has 0 N–H and O–H groups in total. The van der Waals surface area contributed by atoms with Crippen molar-refractivity contribution in [3.8, 4) is 17.2 Å². The van der Waals surface area contributed by atoms with Gasteiger partial charge in [0.05, 0.1) is 5.56 Å². The lowest BCUT2D eigenvalue weighted by atomic mass is 10.2. The Hall–Kier alpha value is -2.21. The molecule has 1 aliphatic rings. The van der Waals surface area contributed by atoms with Gasteiger partial charge in [0.1, 0.15) is 23.9 Å². The van der Waals surface area contributed by atoms with Crippen molar-refractivity contribution in [2.75, 3.05) is 26.2 Å². The molecule has 0 unspecified atom stereocenters. The van der Waals surface area contributed by atoms with Crippen molar-refractivity contribution in [1.82, 2.24) is 4.90 Å². The maximum Gasteiger partial charge on any atom is 0.416 e. The second kappa shape index (κ2) is 7.78. The number of ether oxygens (including phenoxy) is 2. The Balaban J connectivity index is 1.50. The van der Waals surface area contributed by atoms with Crippen LogP contribution < -0.4 is 9.47 Å². The van der Waals surface area contributed by atoms with Crippen LogP contribution in [0.3, 0.4) is 0 Å². The fourth-order valence-electron chi connectivity index (χ4n) is 2.75. The highest BCUT2D eigenvalue weighted by Gasteiger charge is 2.30. The van der Waals surface area contributed by atoms with Gasteiger partial charge in [0.25, 0.3) is 0 Å². The van der Waals surface area contributed by atoms with E-state index in [9.17, 15) is 13.2 Å². The van der Waals surface area contributed by atoms with Crippen LogP contribution in [0.15, 0.2) is 48.5 Å². The Morgan fingerprint density at radius 3 is 1.88 bits per heavy atom. The van der Waals surface area contributed by atoms with Gasteiger partial charge in [0, 0.05) is 6.54 Å². The van der Waals surface area contributed by atoms with Crippen molar-refractivity contribution < 1.29 is 22.6 Å². The molecule has 0 aromatic heterocycles. The fourth-order valence-corrected chi connectivity index (χ4v) is 2.75. The minimum atomic E-state index is -4.34. The van der Waals surface area contributed by atoms with Gasteiger partial charge >= 0.3 is 6.18 Å². The smallest absolute Gasteiger partial charge is 0.416 e. The Morgan fingerprint density at radius 1 is 0.800 bits per heavy atom. The van der Waals surface area contributed by atoms with Crippen molar-refractivity contribution in [3.05, 3.63) is 54.1 Å². The number of benzene rings is 2. The zero-order chi connectivity index (χ0) is 17.7. The van der Waals surface area contributed by atoms with E-state index in [2.05, 4.69) is 4.90 Å². The molecule has 0 spiro atoms. The lowest BCUT2D eigenvalue weighted by molar-refractivity contribution is -0.137. The highest BCUT2D eigenvalue weighted by Crippen LogP contribution is 2.31. The molecule has 1 aliphatic heterocycles. The zero-order valence-corrected chi connectivity index (χ0v) is 13.8. The molecule has 2 aromatic carbocycles. The third-order valence-corrected chi connectivity index (χ3v) is 4.12. The Labute approximate surface area is 145 Å². The molecule has 0 saturated carbocycles. The van der Waals surface area contributed by atoms with Crippen molar-refractivity contribution >= 4 is 0 Å². The second-order valence-electron chi connectivity index (χ2n) is 5.99. The first-order valence-corrected chi connectivity index (χ1v) is 8.31. The molecule has 25 heavy (non-hydrogen) atoms. The monoisotopic (exact) mass is 351 g/mol. The molecule has 3 nitrogen and oxygen atoms in total. The molecule has 1 saturated heterocycles. The number of hydrogen-bond donors (Lipinski definition) is 0. The van der Waals surface area contributed by atoms with Crippen LogP contribution in [0, 0.1) is 0 Å². The van der Waals surface area contributed by atoms with Gasteiger partial charge in [-0.2, -0.15) is 13.2 Å². The summed E-state index contributed by atoms with van der Waals surface area (Å²) in [6, 6.07) is 11.7. The maximum atomic E-state index is 12.5. The predicted octanol–water partition coefficient (Wildman–Crippen LogP) is 4.97. The molecule has 6 heteroatoms. The van der Waals surface area contributed by atoms with E-state index >= 15 is 0 Å². The van der Waals surface area contributed by atoms with Gasteiger partial charge in [0.15, 0.2) is 0 Å². The van der Waals surface area contributed by atoms with E-state index in [4.69, 9.17) is 9.47 Å². The highest BCUT2D eigenvalue weighted by molar-refractivity contribution is 5.36. The Bertz CT molecular complexity index is 663. The summed E-state index contributed by atoms with van der Waals surface area (Å²) in [7, 11) is 0. The SMILES string of the molecule is FC(F)(F)c1ccc(Oc2ccc(OCCN3CCCC3)cc2)cc1. The Morgan fingerprint density at radius 2 is 1.32 bits per heavy atom. The van der Waals surface area contributed by atoms with Crippen LogP contribution in [-0.2, 0) is 6.18 Å². The van der Waals surface area contributed by atoms with Gasteiger partial charge in [-0.3, -0.25) is 4.90 Å². The van der Waals surface area contributed by atoms with Crippen LogP contribution >= 0.6 is 0 Å². The summed E-state index contributed by atoms with van der Waals surface area (Å²) in [5, 5.41) is 0. The minimum absolute atomic E-state index is 0.357. The summed E-state index contributed by atoms with van der Waals surface area (Å²) in [6.45, 7) is 3.84. The average molecular weight is 351 g/mol. The lowest BCUT2D eigenvalue weighted by Gasteiger charge is -2.15. The number of likely N-dealkylation sites (tertiary alicyclic amines) is 1. The third kappa shape index (κ3) is 5.13. The predicted molar refractivity (Wildman–Crippen MR) is 89.1 cm³/mol. The molecule has 0 radical (unpaired) electrons. The van der Waals surface area contributed by atoms with Crippen LogP contribution in [0.25, 0.3) is 0 Å². The van der Waals surface area contributed by atoms with Gasteiger partial charge in [-0.05, 0) is 74.5 Å². The van der Waals surface area contributed by atoms with Crippen molar-refractivity contribution in [1.29, 1.82) is 0 Å². The lowest BCUT2D eigenvalue weighted by Crippen LogP contribution is -2.25. The molecule has 0 atom stereocenters. The largest absolute Gasteiger partial charge is 0.492 e. The topological polar surface area (TPSA) is 21.7 Å². The first kappa shape index (κ1) is 17.6. The van der Waals surface area contributed by atoms with Gasteiger partial charge in [-0.25, -0.2) is 0 Å². The van der Waals surface area contributed by atoms with Crippen LogP contribution in [0.4, 0.5) is 13.2 Å². The van der Waals surface area contributed by atoms with Crippen molar-refractivity contribution in [3.63, 3.8) is 0 Å². The third-order valence-electron chi connectivity index (χ3n) is 4.12. The van der Waals surface area contributed by atoms with E-state index in [1.54, 1.807) is 24.3 Å². The van der Waals surface area contributed by atoms with Gasteiger partial charge in [-0.1, -0.05) is 0 Å². The quantitative estimate of drug-likeness (QED) is 0.733. The van der Waals surface area contributed by atoms with E-state index in [0.29, 0.717) is 18.1 Å². The van der Waals surface area contributed by atoms with Crippen molar-refractivity contribution in [2.45, 2.75) is 19.0 Å². The fraction of sp³-hybridized carbons (Fsp3) is 0.368. The van der Waals surface area contributed by atoms with Gasteiger partial charge < -0.3 is 9.47 Å². The molecule has 1 heterocycles. The highest BCUT2D eigenvalue weighted by atomic mass is 19.4. The van der Waals surface area contributed by atoms with E-state index < -0.39 is 11.7 Å². The van der Waals surface area contributed by atoms with E-state index in [1.165, 1.54) is 25.0 Å². The number of alkyl halides is 3. The van der Waals surface area contributed by atoms with E-state index in [0.717, 1.165) is 37.5 Å². The molecule has 0 bridgehead atoms.